The molecule has 3 N–H and O–H groups in total. The van der Waals surface area contributed by atoms with Crippen LogP contribution in [0.15, 0.2) is 5.16 Å². The van der Waals surface area contributed by atoms with Crippen LogP contribution < -0.4 is 5.73 Å². The standard InChI is InChI=1S/C11H24N4O3S/c1-10(2)15(9-11(12)13-16)19(17,18)14-7-5-3-4-6-8-14/h10,16H,3-9H2,1-2H3,(H2,12,13). The summed E-state index contributed by atoms with van der Waals surface area (Å²) < 4.78 is 28.0. The van der Waals surface area contributed by atoms with E-state index in [2.05, 4.69) is 5.16 Å². The zero-order valence-electron chi connectivity index (χ0n) is 11.6. The summed E-state index contributed by atoms with van der Waals surface area (Å²) in [6, 6.07) is -0.242. The molecule has 0 aromatic heterocycles. The molecule has 0 amide bonds. The third-order valence-corrected chi connectivity index (χ3v) is 5.37. The van der Waals surface area contributed by atoms with E-state index < -0.39 is 10.2 Å². The van der Waals surface area contributed by atoms with Crippen molar-refractivity contribution in [3.05, 3.63) is 0 Å². The number of rotatable bonds is 5. The first-order valence-corrected chi connectivity index (χ1v) is 8.02. The molecular formula is C11H24N4O3S. The second-order valence-corrected chi connectivity index (χ2v) is 6.93. The Morgan fingerprint density at radius 1 is 1.32 bits per heavy atom. The van der Waals surface area contributed by atoms with Gasteiger partial charge in [-0.2, -0.15) is 17.0 Å². The van der Waals surface area contributed by atoms with Crippen LogP contribution in [0.2, 0.25) is 0 Å². The van der Waals surface area contributed by atoms with Gasteiger partial charge in [-0.1, -0.05) is 18.0 Å². The van der Waals surface area contributed by atoms with E-state index in [0.717, 1.165) is 25.7 Å². The van der Waals surface area contributed by atoms with E-state index in [1.165, 1.54) is 8.61 Å². The molecule has 8 heteroatoms. The number of nitrogens with two attached hydrogens (primary N) is 1. The van der Waals surface area contributed by atoms with Crippen molar-refractivity contribution in [2.24, 2.45) is 10.9 Å². The molecule has 1 rings (SSSR count). The van der Waals surface area contributed by atoms with E-state index in [4.69, 9.17) is 10.9 Å². The van der Waals surface area contributed by atoms with Crippen LogP contribution in [0.5, 0.6) is 0 Å². The molecule has 7 nitrogen and oxygen atoms in total. The maximum atomic E-state index is 12.6. The maximum Gasteiger partial charge on any atom is 0.282 e. The lowest BCUT2D eigenvalue weighted by Gasteiger charge is -2.31. The number of hydrogen-bond acceptors (Lipinski definition) is 4. The summed E-state index contributed by atoms with van der Waals surface area (Å²) in [5.74, 6) is -0.105. The summed E-state index contributed by atoms with van der Waals surface area (Å²) in [7, 11) is -3.56. The molecule has 0 radical (unpaired) electrons. The fourth-order valence-corrected chi connectivity index (χ4v) is 3.99. The van der Waals surface area contributed by atoms with Gasteiger partial charge in [-0.15, -0.1) is 0 Å². The first-order valence-electron chi connectivity index (χ1n) is 6.63. The van der Waals surface area contributed by atoms with Crippen LogP contribution in [0.3, 0.4) is 0 Å². The number of hydrogen-bond donors (Lipinski definition) is 2. The van der Waals surface area contributed by atoms with Gasteiger partial charge in [-0.05, 0) is 26.7 Å². The topological polar surface area (TPSA) is 99.2 Å². The number of oxime groups is 1. The van der Waals surface area contributed by atoms with Gasteiger partial charge in [0.2, 0.25) is 0 Å². The van der Waals surface area contributed by atoms with Crippen LogP contribution in [0.25, 0.3) is 0 Å². The van der Waals surface area contributed by atoms with Crippen LogP contribution in [-0.2, 0) is 10.2 Å². The lowest BCUT2D eigenvalue weighted by Crippen LogP contribution is -2.50. The Hall–Kier alpha value is -0.860. The normalized spacial score (nSPS) is 19.9. The van der Waals surface area contributed by atoms with Gasteiger partial charge in [0.05, 0.1) is 6.54 Å². The molecule has 0 saturated carbocycles. The Morgan fingerprint density at radius 2 is 1.84 bits per heavy atom. The van der Waals surface area contributed by atoms with Gasteiger partial charge in [-0.25, -0.2) is 0 Å². The van der Waals surface area contributed by atoms with Crippen molar-refractivity contribution in [2.75, 3.05) is 19.6 Å². The summed E-state index contributed by atoms with van der Waals surface area (Å²) in [6.45, 7) is 4.55. The van der Waals surface area contributed by atoms with Gasteiger partial charge in [0.25, 0.3) is 10.2 Å². The van der Waals surface area contributed by atoms with Crippen molar-refractivity contribution >= 4 is 16.0 Å². The average molecular weight is 292 g/mol. The van der Waals surface area contributed by atoms with E-state index in [1.807, 2.05) is 0 Å². The van der Waals surface area contributed by atoms with Crippen molar-refractivity contribution in [1.29, 1.82) is 0 Å². The summed E-state index contributed by atoms with van der Waals surface area (Å²) in [6.07, 6.45) is 3.89. The Morgan fingerprint density at radius 3 is 2.26 bits per heavy atom. The molecule has 19 heavy (non-hydrogen) atoms. The van der Waals surface area contributed by atoms with Gasteiger partial charge in [0.15, 0.2) is 5.84 Å². The molecular weight excluding hydrogens is 268 g/mol. The lowest BCUT2D eigenvalue weighted by molar-refractivity contribution is 0.304. The molecule has 1 saturated heterocycles. The molecule has 1 aliphatic rings. The molecule has 0 atom stereocenters. The molecule has 0 aliphatic carbocycles. The zero-order valence-corrected chi connectivity index (χ0v) is 12.4. The third kappa shape index (κ3) is 4.32. The van der Waals surface area contributed by atoms with E-state index in [1.54, 1.807) is 13.8 Å². The predicted molar refractivity (Wildman–Crippen MR) is 74.2 cm³/mol. The van der Waals surface area contributed by atoms with Crippen molar-refractivity contribution in [3.8, 4) is 0 Å². The number of nitrogens with zero attached hydrogens (tertiary/aromatic N) is 3. The van der Waals surface area contributed by atoms with Gasteiger partial charge in [-0.3, -0.25) is 0 Å². The predicted octanol–water partition coefficient (Wildman–Crippen LogP) is 0.564. The average Bonchev–Trinajstić information content (AvgIpc) is 2.64. The van der Waals surface area contributed by atoms with Crippen LogP contribution >= 0.6 is 0 Å². The van der Waals surface area contributed by atoms with Crippen molar-refractivity contribution in [2.45, 2.75) is 45.6 Å². The van der Waals surface area contributed by atoms with E-state index in [-0.39, 0.29) is 18.4 Å². The minimum atomic E-state index is -3.56. The van der Waals surface area contributed by atoms with Crippen LogP contribution in [-0.4, -0.2) is 53.7 Å². The fraction of sp³-hybridized carbons (Fsp3) is 0.909. The van der Waals surface area contributed by atoms with Gasteiger partial charge < -0.3 is 10.9 Å². The molecule has 0 aromatic carbocycles. The van der Waals surface area contributed by atoms with Crippen LogP contribution in [0.4, 0.5) is 0 Å². The van der Waals surface area contributed by atoms with E-state index >= 15 is 0 Å². The number of amidine groups is 1. The highest BCUT2D eigenvalue weighted by Gasteiger charge is 2.32. The summed E-state index contributed by atoms with van der Waals surface area (Å²) in [5, 5.41) is 11.5. The van der Waals surface area contributed by atoms with Gasteiger partial charge in [0, 0.05) is 19.1 Å². The molecule has 0 aromatic rings. The Bertz CT molecular complexity index is 400. The Kier molecular flexibility index (Phi) is 6.02. The molecule has 112 valence electrons. The Balaban J connectivity index is 2.91. The molecule has 0 spiro atoms. The molecule has 0 unspecified atom stereocenters. The van der Waals surface area contributed by atoms with E-state index in [9.17, 15) is 8.42 Å². The lowest BCUT2D eigenvalue weighted by atomic mass is 10.2. The summed E-state index contributed by atoms with van der Waals surface area (Å²) in [5.41, 5.74) is 5.44. The highest BCUT2D eigenvalue weighted by Crippen LogP contribution is 2.18. The first-order chi connectivity index (χ1) is 8.89. The van der Waals surface area contributed by atoms with Crippen molar-refractivity contribution in [1.82, 2.24) is 8.61 Å². The molecule has 1 fully saturated rings. The largest absolute Gasteiger partial charge is 0.409 e. The van der Waals surface area contributed by atoms with Crippen LogP contribution in [0.1, 0.15) is 39.5 Å². The minimum absolute atomic E-state index is 0.0903. The quantitative estimate of drug-likeness (QED) is 0.335. The zero-order chi connectivity index (χ0) is 14.5. The summed E-state index contributed by atoms with van der Waals surface area (Å²) >= 11 is 0. The highest BCUT2D eigenvalue weighted by molar-refractivity contribution is 7.86. The monoisotopic (exact) mass is 292 g/mol. The minimum Gasteiger partial charge on any atom is -0.409 e. The fourth-order valence-electron chi connectivity index (χ4n) is 2.14. The smallest absolute Gasteiger partial charge is 0.282 e. The second kappa shape index (κ2) is 7.06. The summed E-state index contributed by atoms with van der Waals surface area (Å²) in [4.78, 5) is 0. The molecule has 0 bridgehead atoms. The first kappa shape index (κ1) is 16.2. The Labute approximate surface area is 115 Å². The van der Waals surface area contributed by atoms with Gasteiger partial charge >= 0.3 is 0 Å². The maximum absolute atomic E-state index is 12.6. The van der Waals surface area contributed by atoms with Crippen LogP contribution in [0, 0.1) is 0 Å². The molecule has 1 heterocycles. The van der Waals surface area contributed by atoms with Crippen molar-refractivity contribution in [3.63, 3.8) is 0 Å². The van der Waals surface area contributed by atoms with Gasteiger partial charge in [0.1, 0.15) is 0 Å². The SMILES string of the molecule is CC(C)N(CC(N)=NO)S(=O)(=O)N1CCCCCC1. The highest BCUT2D eigenvalue weighted by atomic mass is 32.2. The van der Waals surface area contributed by atoms with Crippen molar-refractivity contribution < 1.29 is 13.6 Å². The molecule has 1 aliphatic heterocycles. The third-order valence-electron chi connectivity index (χ3n) is 3.21. The second-order valence-electron chi connectivity index (χ2n) is 5.05. The van der Waals surface area contributed by atoms with E-state index in [0.29, 0.717) is 13.1 Å².